The molecule has 8 heteroatoms. The molecule has 1 atom stereocenters. The summed E-state index contributed by atoms with van der Waals surface area (Å²) in [6.07, 6.45) is -3.04. The van der Waals surface area contributed by atoms with Crippen molar-refractivity contribution in [2.45, 2.75) is 19.0 Å². The Morgan fingerprint density at radius 1 is 1.58 bits per heavy atom. The van der Waals surface area contributed by atoms with Crippen LogP contribution in [0.25, 0.3) is 0 Å². The van der Waals surface area contributed by atoms with Gasteiger partial charge in [0.15, 0.2) is 5.82 Å². The molecule has 0 aliphatic carbocycles. The Morgan fingerprint density at radius 2 is 2.32 bits per heavy atom. The van der Waals surface area contributed by atoms with Crippen molar-refractivity contribution in [3.8, 4) is 0 Å². The molecule has 106 valence electrons. The summed E-state index contributed by atoms with van der Waals surface area (Å²) in [7, 11) is 1.18. The minimum atomic E-state index is -4.49. The average molecular weight is 277 g/mol. The number of aryl methyl sites for hydroxylation is 1. The molecule has 5 nitrogen and oxygen atoms in total. The summed E-state index contributed by atoms with van der Waals surface area (Å²) < 4.78 is 43.5. The van der Waals surface area contributed by atoms with Crippen LogP contribution in [0, 0.1) is 5.92 Å². The van der Waals surface area contributed by atoms with Crippen molar-refractivity contribution in [1.82, 2.24) is 9.78 Å². The summed E-state index contributed by atoms with van der Waals surface area (Å²) in [5.41, 5.74) is -0.900. The van der Waals surface area contributed by atoms with Gasteiger partial charge in [-0.3, -0.25) is 9.48 Å². The third-order valence-corrected chi connectivity index (χ3v) is 2.95. The number of aromatic nitrogens is 2. The van der Waals surface area contributed by atoms with Crippen LogP contribution in [0.4, 0.5) is 19.0 Å². The molecule has 1 aromatic rings. The van der Waals surface area contributed by atoms with Crippen LogP contribution < -0.4 is 5.32 Å². The summed E-state index contributed by atoms with van der Waals surface area (Å²) in [6.45, 7) is 0.913. The summed E-state index contributed by atoms with van der Waals surface area (Å²) >= 11 is 0. The molecule has 2 rings (SSSR count). The maximum absolute atomic E-state index is 12.6. The van der Waals surface area contributed by atoms with Gasteiger partial charge in [-0.25, -0.2) is 0 Å². The van der Waals surface area contributed by atoms with E-state index in [9.17, 15) is 18.0 Å². The fraction of sp³-hybridized carbons (Fsp3) is 0.636. The number of ether oxygens (including phenoxy) is 1. The minimum Gasteiger partial charge on any atom is -0.381 e. The number of nitrogens with one attached hydrogen (secondary N) is 1. The quantitative estimate of drug-likeness (QED) is 0.897. The Hall–Kier alpha value is -1.57. The van der Waals surface area contributed by atoms with Gasteiger partial charge >= 0.3 is 6.18 Å². The van der Waals surface area contributed by atoms with Crippen molar-refractivity contribution < 1.29 is 22.7 Å². The Balaban J connectivity index is 2.05. The Bertz CT molecular complexity index is 464. The van der Waals surface area contributed by atoms with Gasteiger partial charge in [0.05, 0.1) is 12.5 Å². The average Bonchev–Trinajstić information content (AvgIpc) is 2.71. The van der Waals surface area contributed by atoms with E-state index in [4.69, 9.17) is 4.74 Å². The number of carbonyl (C=O) groups is 1. The number of hydrogen-bond acceptors (Lipinski definition) is 3. The van der Waals surface area contributed by atoms with Crippen molar-refractivity contribution in [3.05, 3.63) is 11.8 Å². The molecule has 2 heterocycles. The van der Waals surface area contributed by atoms with Gasteiger partial charge in [-0.1, -0.05) is 0 Å². The molecule has 0 radical (unpaired) electrons. The Labute approximate surface area is 107 Å². The minimum absolute atomic E-state index is 0.0922. The molecule has 0 bridgehead atoms. The largest absolute Gasteiger partial charge is 0.433 e. The predicted molar refractivity (Wildman–Crippen MR) is 60.4 cm³/mol. The standard InChI is InChI=1S/C11H14F3N3O2/c1-17-8(11(12,13)14)5-9(16-17)15-10(18)7-3-2-4-19-6-7/h5,7H,2-4,6H2,1H3,(H,15,16,18). The number of amides is 1. The van der Waals surface area contributed by atoms with E-state index in [0.29, 0.717) is 24.3 Å². The van der Waals surface area contributed by atoms with E-state index >= 15 is 0 Å². The molecule has 1 aliphatic heterocycles. The SMILES string of the molecule is Cn1nc(NC(=O)C2CCCOC2)cc1C(F)(F)F. The van der Waals surface area contributed by atoms with Gasteiger partial charge in [0.25, 0.3) is 0 Å². The van der Waals surface area contributed by atoms with Crippen molar-refractivity contribution in [1.29, 1.82) is 0 Å². The highest BCUT2D eigenvalue weighted by molar-refractivity contribution is 5.91. The fourth-order valence-corrected chi connectivity index (χ4v) is 1.97. The lowest BCUT2D eigenvalue weighted by molar-refractivity contribution is -0.143. The summed E-state index contributed by atoms with van der Waals surface area (Å²) in [5, 5.41) is 6.03. The van der Waals surface area contributed by atoms with E-state index in [1.807, 2.05) is 0 Å². The molecule has 1 saturated heterocycles. The van der Waals surface area contributed by atoms with Crippen LogP contribution >= 0.6 is 0 Å². The number of anilines is 1. The van der Waals surface area contributed by atoms with Crippen molar-refractivity contribution in [3.63, 3.8) is 0 Å². The molecule has 0 saturated carbocycles. The Kier molecular flexibility index (Phi) is 3.79. The molecular weight excluding hydrogens is 263 g/mol. The molecule has 1 amide bonds. The lowest BCUT2D eigenvalue weighted by Gasteiger charge is -2.20. The van der Waals surface area contributed by atoms with Gasteiger partial charge in [-0.05, 0) is 12.8 Å². The van der Waals surface area contributed by atoms with Crippen molar-refractivity contribution >= 4 is 11.7 Å². The highest BCUT2D eigenvalue weighted by Gasteiger charge is 2.35. The molecule has 19 heavy (non-hydrogen) atoms. The third kappa shape index (κ3) is 3.25. The van der Waals surface area contributed by atoms with Crippen molar-refractivity contribution in [2.24, 2.45) is 13.0 Å². The number of alkyl halides is 3. The van der Waals surface area contributed by atoms with Gasteiger partial charge in [0, 0.05) is 19.7 Å². The normalized spacial score (nSPS) is 20.3. The summed E-state index contributed by atoms with van der Waals surface area (Å²) in [6, 6.07) is 0.821. The maximum atomic E-state index is 12.6. The first kappa shape index (κ1) is 13.9. The molecule has 1 aliphatic rings. The number of rotatable bonds is 2. The number of halogens is 3. The summed E-state index contributed by atoms with van der Waals surface area (Å²) in [4.78, 5) is 11.8. The number of hydrogen-bond donors (Lipinski definition) is 1. The maximum Gasteiger partial charge on any atom is 0.433 e. The number of nitrogens with zero attached hydrogens (tertiary/aromatic N) is 2. The third-order valence-electron chi connectivity index (χ3n) is 2.95. The first-order chi connectivity index (χ1) is 8.88. The summed E-state index contributed by atoms with van der Waals surface area (Å²) in [5.74, 6) is -0.776. The molecule has 0 spiro atoms. The van der Waals surface area contributed by atoms with E-state index in [-0.39, 0.29) is 17.6 Å². The zero-order chi connectivity index (χ0) is 14.0. The van der Waals surface area contributed by atoms with Crippen LogP contribution in [-0.2, 0) is 22.8 Å². The second kappa shape index (κ2) is 5.20. The van der Waals surface area contributed by atoms with Crippen LogP contribution in [0.3, 0.4) is 0 Å². The van der Waals surface area contributed by atoms with E-state index in [0.717, 1.165) is 12.5 Å². The molecule has 0 aromatic carbocycles. The molecular formula is C11H14F3N3O2. The van der Waals surface area contributed by atoms with E-state index in [1.54, 1.807) is 0 Å². The van der Waals surface area contributed by atoms with Gasteiger partial charge < -0.3 is 10.1 Å². The van der Waals surface area contributed by atoms with Gasteiger partial charge in [0.2, 0.25) is 5.91 Å². The smallest absolute Gasteiger partial charge is 0.381 e. The van der Waals surface area contributed by atoms with Crippen LogP contribution in [-0.4, -0.2) is 28.9 Å². The fourth-order valence-electron chi connectivity index (χ4n) is 1.97. The van der Waals surface area contributed by atoms with Crippen LogP contribution in [0.2, 0.25) is 0 Å². The van der Waals surface area contributed by atoms with Gasteiger partial charge in [-0.2, -0.15) is 18.3 Å². The highest BCUT2D eigenvalue weighted by atomic mass is 19.4. The first-order valence-electron chi connectivity index (χ1n) is 5.88. The lowest BCUT2D eigenvalue weighted by atomic mass is 10.0. The lowest BCUT2D eigenvalue weighted by Crippen LogP contribution is -2.30. The number of carbonyl (C=O) groups excluding carboxylic acids is 1. The predicted octanol–water partition coefficient (Wildman–Crippen LogP) is 1.80. The van der Waals surface area contributed by atoms with Crippen LogP contribution in [0.5, 0.6) is 0 Å². The van der Waals surface area contributed by atoms with Gasteiger partial charge in [-0.15, -0.1) is 0 Å². The second-order valence-corrected chi connectivity index (χ2v) is 4.44. The van der Waals surface area contributed by atoms with Crippen LogP contribution in [0.15, 0.2) is 6.07 Å². The Morgan fingerprint density at radius 3 is 2.84 bits per heavy atom. The molecule has 1 fully saturated rings. The zero-order valence-electron chi connectivity index (χ0n) is 10.3. The second-order valence-electron chi connectivity index (χ2n) is 4.44. The van der Waals surface area contributed by atoms with Crippen LogP contribution in [0.1, 0.15) is 18.5 Å². The first-order valence-corrected chi connectivity index (χ1v) is 5.88. The van der Waals surface area contributed by atoms with Crippen molar-refractivity contribution in [2.75, 3.05) is 18.5 Å². The zero-order valence-corrected chi connectivity index (χ0v) is 10.3. The highest BCUT2D eigenvalue weighted by Crippen LogP contribution is 2.30. The van der Waals surface area contributed by atoms with Gasteiger partial charge in [0.1, 0.15) is 5.69 Å². The molecule has 1 aromatic heterocycles. The molecule has 1 unspecified atom stereocenters. The van der Waals surface area contributed by atoms with E-state index in [1.165, 1.54) is 7.05 Å². The topological polar surface area (TPSA) is 56.2 Å². The van der Waals surface area contributed by atoms with E-state index < -0.39 is 11.9 Å². The van der Waals surface area contributed by atoms with E-state index in [2.05, 4.69) is 10.4 Å². The molecule has 1 N–H and O–H groups in total. The monoisotopic (exact) mass is 277 g/mol.